The first-order valence-corrected chi connectivity index (χ1v) is 8.27. The number of amides is 1. The predicted octanol–water partition coefficient (Wildman–Crippen LogP) is 2.07. The number of nitrogens with one attached hydrogen (secondary N) is 2. The SMILES string of the molecule is CCCNc1nnc(C(=O)NC(CC(C)C)CN(C)C)s1. The second kappa shape index (κ2) is 8.94. The Bertz CT molecular complexity index is 423. The number of hydrogen-bond acceptors (Lipinski definition) is 6. The van der Waals surface area contributed by atoms with Gasteiger partial charge in [-0.15, -0.1) is 10.2 Å². The third-order valence-electron chi connectivity index (χ3n) is 2.82. The summed E-state index contributed by atoms with van der Waals surface area (Å²) in [5.41, 5.74) is 0. The molecule has 1 atom stereocenters. The van der Waals surface area contributed by atoms with Crippen LogP contribution >= 0.6 is 11.3 Å². The van der Waals surface area contributed by atoms with Crippen LogP contribution in [0.15, 0.2) is 0 Å². The summed E-state index contributed by atoms with van der Waals surface area (Å²) in [7, 11) is 4.02. The molecular weight excluding hydrogens is 286 g/mol. The van der Waals surface area contributed by atoms with Crippen LogP contribution in [0.4, 0.5) is 5.13 Å². The van der Waals surface area contributed by atoms with E-state index in [4.69, 9.17) is 0 Å². The van der Waals surface area contributed by atoms with E-state index >= 15 is 0 Å². The van der Waals surface area contributed by atoms with Crippen LogP contribution < -0.4 is 10.6 Å². The van der Waals surface area contributed by atoms with Gasteiger partial charge in [0.2, 0.25) is 10.1 Å². The average molecular weight is 313 g/mol. The minimum atomic E-state index is -0.135. The number of anilines is 1. The van der Waals surface area contributed by atoms with E-state index in [0.29, 0.717) is 16.1 Å². The Morgan fingerprint density at radius 2 is 2.05 bits per heavy atom. The van der Waals surface area contributed by atoms with Crippen molar-refractivity contribution in [3.63, 3.8) is 0 Å². The lowest BCUT2D eigenvalue weighted by molar-refractivity contribution is 0.0923. The smallest absolute Gasteiger partial charge is 0.282 e. The topological polar surface area (TPSA) is 70.1 Å². The highest BCUT2D eigenvalue weighted by atomic mass is 32.1. The number of hydrogen-bond donors (Lipinski definition) is 2. The van der Waals surface area contributed by atoms with Crippen LogP contribution in [0.25, 0.3) is 0 Å². The Kier molecular flexibility index (Phi) is 7.60. The summed E-state index contributed by atoms with van der Waals surface area (Å²) in [5.74, 6) is 0.399. The molecule has 21 heavy (non-hydrogen) atoms. The van der Waals surface area contributed by atoms with Gasteiger partial charge >= 0.3 is 0 Å². The number of carbonyl (C=O) groups is 1. The van der Waals surface area contributed by atoms with Crippen molar-refractivity contribution in [2.24, 2.45) is 5.92 Å². The van der Waals surface area contributed by atoms with E-state index in [-0.39, 0.29) is 11.9 Å². The number of rotatable bonds is 9. The molecule has 0 aromatic carbocycles. The van der Waals surface area contributed by atoms with E-state index in [1.54, 1.807) is 0 Å². The number of carbonyl (C=O) groups excluding carboxylic acids is 1. The molecule has 120 valence electrons. The number of likely N-dealkylation sites (N-methyl/N-ethyl adjacent to an activating group) is 1. The van der Waals surface area contributed by atoms with Crippen molar-refractivity contribution in [3.05, 3.63) is 5.01 Å². The highest BCUT2D eigenvalue weighted by Gasteiger charge is 2.19. The van der Waals surface area contributed by atoms with Gasteiger partial charge in [0.1, 0.15) is 0 Å². The molecule has 0 aliphatic rings. The molecule has 2 N–H and O–H groups in total. The summed E-state index contributed by atoms with van der Waals surface area (Å²) in [5, 5.41) is 15.3. The molecule has 6 nitrogen and oxygen atoms in total. The third kappa shape index (κ3) is 6.86. The Morgan fingerprint density at radius 1 is 1.33 bits per heavy atom. The lowest BCUT2D eigenvalue weighted by Gasteiger charge is -2.23. The van der Waals surface area contributed by atoms with E-state index in [1.807, 2.05) is 14.1 Å². The zero-order valence-corrected chi connectivity index (χ0v) is 14.5. The molecule has 0 aliphatic heterocycles. The molecule has 0 radical (unpaired) electrons. The van der Waals surface area contributed by atoms with Crippen molar-refractivity contribution in [2.75, 3.05) is 32.5 Å². The predicted molar refractivity (Wildman–Crippen MR) is 88.0 cm³/mol. The normalized spacial score (nSPS) is 12.7. The third-order valence-corrected chi connectivity index (χ3v) is 3.70. The highest BCUT2D eigenvalue weighted by Crippen LogP contribution is 2.15. The second-order valence-electron chi connectivity index (χ2n) is 5.90. The molecule has 0 fully saturated rings. The van der Waals surface area contributed by atoms with Gasteiger partial charge in [-0.05, 0) is 32.9 Å². The standard InChI is InChI=1S/C14H27N5OS/c1-6-7-15-14-18-17-13(21-14)12(20)16-11(8-10(2)3)9-19(4)5/h10-11H,6-9H2,1-5H3,(H,15,18)(H,16,20). The maximum Gasteiger partial charge on any atom is 0.282 e. The fraction of sp³-hybridized carbons (Fsp3) is 0.786. The van der Waals surface area contributed by atoms with Crippen LogP contribution in [0, 0.1) is 5.92 Å². The first-order chi connectivity index (χ1) is 9.92. The molecule has 0 aliphatic carbocycles. The minimum absolute atomic E-state index is 0.128. The Morgan fingerprint density at radius 3 is 2.62 bits per heavy atom. The summed E-state index contributed by atoms with van der Waals surface area (Å²) in [6.07, 6.45) is 1.96. The van der Waals surface area contributed by atoms with Gasteiger partial charge in [-0.1, -0.05) is 32.1 Å². The van der Waals surface area contributed by atoms with Gasteiger partial charge in [0.25, 0.3) is 5.91 Å². The monoisotopic (exact) mass is 313 g/mol. The quantitative estimate of drug-likeness (QED) is 0.730. The van der Waals surface area contributed by atoms with E-state index in [0.717, 1.165) is 25.9 Å². The first kappa shape index (κ1) is 17.8. The largest absolute Gasteiger partial charge is 0.360 e. The lowest BCUT2D eigenvalue weighted by Crippen LogP contribution is -2.42. The van der Waals surface area contributed by atoms with Crippen molar-refractivity contribution < 1.29 is 4.79 Å². The van der Waals surface area contributed by atoms with Crippen LogP contribution in [0.3, 0.4) is 0 Å². The van der Waals surface area contributed by atoms with Crippen molar-refractivity contribution in [1.82, 2.24) is 20.4 Å². The summed E-state index contributed by atoms with van der Waals surface area (Å²) in [6.45, 7) is 8.06. The maximum atomic E-state index is 12.3. The summed E-state index contributed by atoms with van der Waals surface area (Å²) >= 11 is 1.30. The number of nitrogens with zero attached hydrogens (tertiary/aromatic N) is 3. The zero-order valence-electron chi connectivity index (χ0n) is 13.6. The van der Waals surface area contributed by atoms with Crippen LogP contribution in [-0.2, 0) is 0 Å². The molecule has 7 heteroatoms. The summed E-state index contributed by atoms with van der Waals surface area (Å²) < 4.78 is 0. The van der Waals surface area contributed by atoms with Crippen LogP contribution in [0.1, 0.15) is 43.4 Å². The van der Waals surface area contributed by atoms with Crippen molar-refractivity contribution >= 4 is 22.4 Å². The molecule has 0 bridgehead atoms. The lowest BCUT2D eigenvalue weighted by atomic mass is 10.0. The molecule has 1 amide bonds. The fourth-order valence-corrected chi connectivity index (χ4v) is 2.73. The zero-order chi connectivity index (χ0) is 15.8. The van der Waals surface area contributed by atoms with Gasteiger partial charge in [-0.2, -0.15) is 0 Å². The molecule has 1 aromatic heterocycles. The van der Waals surface area contributed by atoms with E-state index in [1.165, 1.54) is 11.3 Å². The summed E-state index contributed by atoms with van der Waals surface area (Å²) in [6, 6.07) is 0.128. The molecule has 0 saturated heterocycles. The van der Waals surface area contributed by atoms with Gasteiger partial charge in [0.05, 0.1) is 0 Å². The fourth-order valence-electron chi connectivity index (χ4n) is 2.05. The molecule has 0 spiro atoms. The van der Waals surface area contributed by atoms with Gasteiger partial charge in [0, 0.05) is 19.1 Å². The van der Waals surface area contributed by atoms with Crippen LogP contribution in [-0.4, -0.2) is 54.2 Å². The number of aromatic nitrogens is 2. The minimum Gasteiger partial charge on any atom is -0.360 e. The van der Waals surface area contributed by atoms with Gasteiger partial charge < -0.3 is 15.5 Å². The van der Waals surface area contributed by atoms with Gasteiger partial charge in [0.15, 0.2) is 0 Å². The molecule has 1 unspecified atom stereocenters. The van der Waals surface area contributed by atoms with Crippen LogP contribution in [0.2, 0.25) is 0 Å². The van der Waals surface area contributed by atoms with E-state index in [2.05, 4.69) is 46.5 Å². The maximum absolute atomic E-state index is 12.3. The van der Waals surface area contributed by atoms with Crippen molar-refractivity contribution in [1.29, 1.82) is 0 Å². The van der Waals surface area contributed by atoms with Gasteiger partial charge in [-0.25, -0.2) is 0 Å². The van der Waals surface area contributed by atoms with Crippen molar-refractivity contribution in [2.45, 2.75) is 39.7 Å². The molecule has 1 heterocycles. The van der Waals surface area contributed by atoms with Gasteiger partial charge in [-0.3, -0.25) is 4.79 Å². The van der Waals surface area contributed by atoms with Crippen molar-refractivity contribution in [3.8, 4) is 0 Å². The molecular formula is C14H27N5OS. The molecule has 0 saturated carbocycles. The first-order valence-electron chi connectivity index (χ1n) is 7.45. The highest BCUT2D eigenvalue weighted by molar-refractivity contribution is 7.17. The Balaban J connectivity index is 2.61. The Hall–Kier alpha value is -1.21. The van der Waals surface area contributed by atoms with E-state index in [9.17, 15) is 4.79 Å². The Labute approximate surface area is 131 Å². The average Bonchev–Trinajstić information content (AvgIpc) is 2.83. The molecule has 1 aromatic rings. The van der Waals surface area contributed by atoms with E-state index < -0.39 is 0 Å². The summed E-state index contributed by atoms with van der Waals surface area (Å²) in [4.78, 5) is 14.3. The van der Waals surface area contributed by atoms with Crippen LogP contribution in [0.5, 0.6) is 0 Å². The second-order valence-corrected chi connectivity index (χ2v) is 6.88. The molecule has 1 rings (SSSR count).